The maximum Gasteiger partial charge on any atom is 0.144 e. The first-order valence-electron chi connectivity index (χ1n) is 6.63. The Hall–Kier alpha value is -1.71. The van der Waals surface area contributed by atoms with Gasteiger partial charge in [0.25, 0.3) is 0 Å². The average Bonchev–Trinajstić information content (AvgIpc) is 2.37. The van der Waals surface area contributed by atoms with Crippen LogP contribution in [0.2, 0.25) is 0 Å². The summed E-state index contributed by atoms with van der Waals surface area (Å²) < 4.78 is 5.68. The number of oxime groups is 1. The minimum absolute atomic E-state index is 0.266. The van der Waals surface area contributed by atoms with E-state index in [1.54, 1.807) is 0 Å². The zero-order chi connectivity index (χ0) is 14.3. The molecule has 0 aromatic heterocycles. The van der Waals surface area contributed by atoms with Crippen molar-refractivity contribution in [2.45, 2.75) is 40.0 Å². The number of rotatable bonds is 7. The Kier molecular flexibility index (Phi) is 5.67. The topological polar surface area (TPSA) is 67.8 Å². The third-order valence-corrected chi connectivity index (χ3v) is 3.26. The van der Waals surface area contributed by atoms with Gasteiger partial charge in [-0.2, -0.15) is 0 Å². The first-order valence-corrected chi connectivity index (χ1v) is 6.63. The fourth-order valence-electron chi connectivity index (χ4n) is 1.83. The van der Waals surface area contributed by atoms with Crippen LogP contribution >= 0.6 is 0 Å². The highest BCUT2D eigenvalue weighted by atomic mass is 16.5. The highest BCUT2D eigenvalue weighted by Gasteiger charge is 2.22. The Bertz CT molecular complexity index is 428. The number of amidine groups is 1. The molecule has 0 atom stereocenters. The molecular formula is C15H24N2O2. The van der Waals surface area contributed by atoms with Crippen molar-refractivity contribution in [2.24, 2.45) is 16.3 Å². The molecular weight excluding hydrogens is 240 g/mol. The molecule has 19 heavy (non-hydrogen) atoms. The van der Waals surface area contributed by atoms with Gasteiger partial charge in [-0.15, -0.1) is 0 Å². The van der Waals surface area contributed by atoms with Gasteiger partial charge in [-0.25, -0.2) is 0 Å². The summed E-state index contributed by atoms with van der Waals surface area (Å²) in [5.74, 6) is 1.20. The Balaban J connectivity index is 2.25. The lowest BCUT2D eigenvalue weighted by Gasteiger charge is -2.22. The highest BCUT2D eigenvalue weighted by Crippen LogP contribution is 2.23. The molecule has 106 valence electrons. The predicted octanol–water partition coefficient (Wildman–Crippen LogP) is 3.32. The third-order valence-electron chi connectivity index (χ3n) is 3.26. The third kappa shape index (κ3) is 5.20. The Morgan fingerprint density at radius 1 is 1.37 bits per heavy atom. The minimum Gasteiger partial charge on any atom is -0.494 e. The molecule has 0 aliphatic heterocycles. The molecule has 0 unspecified atom stereocenters. The maximum atomic E-state index is 8.69. The SMILES string of the molecule is Cc1cccc(OCCCCC(C)(C)/C(N)=N/O)c1. The van der Waals surface area contributed by atoms with Crippen LogP contribution in [-0.2, 0) is 0 Å². The van der Waals surface area contributed by atoms with Gasteiger partial charge in [0.2, 0.25) is 0 Å². The highest BCUT2D eigenvalue weighted by molar-refractivity contribution is 5.85. The van der Waals surface area contributed by atoms with Gasteiger partial charge >= 0.3 is 0 Å². The van der Waals surface area contributed by atoms with E-state index in [0.29, 0.717) is 6.61 Å². The van der Waals surface area contributed by atoms with Gasteiger partial charge in [-0.05, 0) is 43.9 Å². The van der Waals surface area contributed by atoms with Crippen molar-refractivity contribution in [1.82, 2.24) is 0 Å². The maximum absolute atomic E-state index is 8.69. The second-order valence-corrected chi connectivity index (χ2v) is 5.49. The monoisotopic (exact) mass is 264 g/mol. The largest absolute Gasteiger partial charge is 0.494 e. The van der Waals surface area contributed by atoms with E-state index in [1.807, 2.05) is 45.0 Å². The molecule has 0 bridgehead atoms. The summed E-state index contributed by atoms with van der Waals surface area (Å²) in [6.45, 7) is 6.69. The lowest BCUT2D eigenvalue weighted by molar-refractivity contribution is 0.288. The predicted molar refractivity (Wildman–Crippen MR) is 77.7 cm³/mol. The van der Waals surface area contributed by atoms with Crippen molar-refractivity contribution in [3.05, 3.63) is 29.8 Å². The molecule has 0 heterocycles. The van der Waals surface area contributed by atoms with Crippen LogP contribution < -0.4 is 10.5 Å². The van der Waals surface area contributed by atoms with Gasteiger partial charge in [0.15, 0.2) is 0 Å². The summed E-state index contributed by atoms with van der Waals surface area (Å²) in [5.41, 5.74) is 6.58. The molecule has 3 N–H and O–H groups in total. The zero-order valence-corrected chi connectivity index (χ0v) is 12.0. The minimum atomic E-state index is -0.266. The Morgan fingerprint density at radius 2 is 2.11 bits per heavy atom. The van der Waals surface area contributed by atoms with E-state index < -0.39 is 0 Å². The normalized spacial score (nSPS) is 12.5. The number of aryl methyl sites for hydroxylation is 1. The van der Waals surface area contributed by atoms with Crippen molar-refractivity contribution in [2.75, 3.05) is 6.61 Å². The van der Waals surface area contributed by atoms with Gasteiger partial charge in [-0.3, -0.25) is 0 Å². The number of hydrogen-bond acceptors (Lipinski definition) is 3. The molecule has 0 fully saturated rings. The molecule has 0 amide bonds. The van der Waals surface area contributed by atoms with E-state index in [1.165, 1.54) is 5.56 Å². The van der Waals surface area contributed by atoms with Crippen LogP contribution in [0.4, 0.5) is 0 Å². The first-order chi connectivity index (χ1) is 8.95. The summed E-state index contributed by atoms with van der Waals surface area (Å²) in [6, 6.07) is 8.03. The second kappa shape index (κ2) is 7.02. The summed E-state index contributed by atoms with van der Waals surface area (Å²) >= 11 is 0. The lowest BCUT2D eigenvalue weighted by atomic mass is 9.86. The standard InChI is InChI=1S/C15H24N2O2/c1-12-7-6-8-13(11-12)19-10-5-4-9-15(2,3)14(16)17-18/h6-8,11,18H,4-5,9-10H2,1-3H3,(H2,16,17). The van der Waals surface area contributed by atoms with Gasteiger partial charge < -0.3 is 15.7 Å². The van der Waals surface area contributed by atoms with E-state index in [-0.39, 0.29) is 11.3 Å². The van der Waals surface area contributed by atoms with Crippen LogP contribution in [-0.4, -0.2) is 17.6 Å². The number of hydrogen-bond donors (Lipinski definition) is 2. The lowest BCUT2D eigenvalue weighted by Crippen LogP contribution is -2.31. The summed E-state index contributed by atoms with van der Waals surface area (Å²) in [7, 11) is 0. The molecule has 4 nitrogen and oxygen atoms in total. The summed E-state index contributed by atoms with van der Waals surface area (Å²) in [5, 5.41) is 11.8. The van der Waals surface area contributed by atoms with Crippen molar-refractivity contribution >= 4 is 5.84 Å². The van der Waals surface area contributed by atoms with Gasteiger partial charge in [0, 0.05) is 5.41 Å². The van der Waals surface area contributed by atoms with Crippen LogP contribution in [0.25, 0.3) is 0 Å². The molecule has 0 saturated carbocycles. The molecule has 0 spiro atoms. The molecule has 4 heteroatoms. The number of ether oxygens (including phenoxy) is 1. The van der Waals surface area contributed by atoms with Crippen LogP contribution in [0.15, 0.2) is 29.4 Å². The van der Waals surface area contributed by atoms with E-state index in [9.17, 15) is 0 Å². The van der Waals surface area contributed by atoms with E-state index in [4.69, 9.17) is 15.7 Å². The van der Waals surface area contributed by atoms with Crippen molar-refractivity contribution in [3.63, 3.8) is 0 Å². The number of unbranched alkanes of at least 4 members (excludes halogenated alkanes) is 1. The van der Waals surface area contributed by atoms with Gasteiger partial charge in [0.1, 0.15) is 11.6 Å². The van der Waals surface area contributed by atoms with Crippen molar-refractivity contribution in [1.29, 1.82) is 0 Å². The quantitative estimate of drug-likeness (QED) is 0.261. The van der Waals surface area contributed by atoms with Crippen LogP contribution in [0.1, 0.15) is 38.7 Å². The van der Waals surface area contributed by atoms with Crippen LogP contribution in [0.5, 0.6) is 5.75 Å². The molecule has 0 aliphatic rings. The Labute approximate surface area is 115 Å². The molecule has 0 aliphatic carbocycles. The van der Waals surface area contributed by atoms with Crippen LogP contribution in [0, 0.1) is 12.3 Å². The first kappa shape index (κ1) is 15.3. The number of nitrogens with zero attached hydrogens (tertiary/aromatic N) is 1. The van der Waals surface area contributed by atoms with E-state index >= 15 is 0 Å². The van der Waals surface area contributed by atoms with E-state index in [0.717, 1.165) is 25.0 Å². The van der Waals surface area contributed by atoms with Gasteiger partial charge in [-0.1, -0.05) is 31.1 Å². The number of nitrogens with two attached hydrogens (primary N) is 1. The fourth-order valence-corrected chi connectivity index (χ4v) is 1.83. The van der Waals surface area contributed by atoms with Gasteiger partial charge in [0.05, 0.1) is 6.61 Å². The summed E-state index contributed by atoms with van der Waals surface area (Å²) in [4.78, 5) is 0. The smallest absolute Gasteiger partial charge is 0.144 e. The second-order valence-electron chi connectivity index (χ2n) is 5.49. The molecule has 1 rings (SSSR count). The van der Waals surface area contributed by atoms with E-state index in [2.05, 4.69) is 5.16 Å². The number of benzene rings is 1. The molecule has 1 aromatic rings. The average molecular weight is 264 g/mol. The molecule has 0 saturated heterocycles. The Morgan fingerprint density at radius 3 is 2.74 bits per heavy atom. The molecule has 0 radical (unpaired) electrons. The van der Waals surface area contributed by atoms with Crippen LogP contribution in [0.3, 0.4) is 0 Å². The fraction of sp³-hybridized carbons (Fsp3) is 0.533. The molecule has 1 aromatic carbocycles. The van der Waals surface area contributed by atoms with Crippen molar-refractivity contribution < 1.29 is 9.94 Å². The zero-order valence-electron chi connectivity index (χ0n) is 12.0. The van der Waals surface area contributed by atoms with Crippen molar-refractivity contribution in [3.8, 4) is 5.75 Å². The summed E-state index contributed by atoms with van der Waals surface area (Å²) in [6.07, 6.45) is 2.81.